The Labute approximate surface area is 130 Å². The smallest absolute Gasteiger partial charge is 0.00683 e. The van der Waals surface area contributed by atoms with Crippen LogP contribution in [-0.2, 0) is 11.8 Å². The van der Waals surface area contributed by atoms with Crippen LogP contribution in [0.1, 0.15) is 64.0 Å². The number of benzene rings is 1. The predicted molar refractivity (Wildman–Crippen MR) is 90.7 cm³/mol. The molecule has 0 aromatic heterocycles. The molecule has 1 N–H and O–H groups in total. The monoisotopic (exact) mass is 285 g/mol. The van der Waals surface area contributed by atoms with Crippen LogP contribution in [0, 0.1) is 11.8 Å². The third kappa shape index (κ3) is 4.10. The summed E-state index contributed by atoms with van der Waals surface area (Å²) in [6, 6.07) is 10.3. The first-order chi connectivity index (χ1) is 10.0. The maximum absolute atomic E-state index is 3.74. The summed E-state index contributed by atoms with van der Waals surface area (Å²) < 4.78 is 0. The van der Waals surface area contributed by atoms with E-state index in [9.17, 15) is 0 Å². The number of hydrogen-bond donors (Lipinski definition) is 1. The average Bonchev–Trinajstić information content (AvgIpc) is 3.17. The van der Waals surface area contributed by atoms with Gasteiger partial charge in [-0.25, -0.2) is 0 Å². The highest BCUT2D eigenvalue weighted by Gasteiger charge is 2.29. The maximum Gasteiger partial charge on any atom is 0.00683 e. The minimum Gasteiger partial charge on any atom is -0.314 e. The van der Waals surface area contributed by atoms with Crippen molar-refractivity contribution in [3.8, 4) is 0 Å². The van der Waals surface area contributed by atoms with Gasteiger partial charge in [0.15, 0.2) is 0 Å². The summed E-state index contributed by atoms with van der Waals surface area (Å²) >= 11 is 0. The fourth-order valence-corrected chi connectivity index (χ4v) is 3.70. The number of nitrogens with one attached hydrogen (secondary N) is 1. The lowest BCUT2D eigenvalue weighted by Crippen LogP contribution is -2.27. The second-order valence-electron chi connectivity index (χ2n) is 8.28. The van der Waals surface area contributed by atoms with Crippen molar-refractivity contribution < 1.29 is 0 Å². The highest BCUT2D eigenvalue weighted by atomic mass is 14.9. The van der Waals surface area contributed by atoms with Crippen molar-refractivity contribution in [3.05, 3.63) is 35.4 Å². The average molecular weight is 285 g/mol. The molecule has 1 aromatic rings. The van der Waals surface area contributed by atoms with Gasteiger partial charge >= 0.3 is 0 Å². The van der Waals surface area contributed by atoms with Crippen LogP contribution in [0.2, 0.25) is 0 Å². The van der Waals surface area contributed by atoms with Gasteiger partial charge in [0.1, 0.15) is 0 Å². The molecule has 2 atom stereocenters. The molecular formula is C20H31N. The van der Waals surface area contributed by atoms with E-state index in [2.05, 4.69) is 50.4 Å². The van der Waals surface area contributed by atoms with Gasteiger partial charge in [0.05, 0.1) is 0 Å². The molecule has 0 amide bonds. The van der Waals surface area contributed by atoms with E-state index in [1.807, 2.05) is 0 Å². The Kier molecular flexibility index (Phi) is 4.40. The lowest BCUT2D eigenvalue weighted by molar-refractivity contribution is 0.364. The minimum atomic E-state index is 0.266. The van der Waals surface area contributed by atoms with Gasteiger partial charge in [0, 0.05) is 6.04 Å². The van der Waals surface area contributed by atoms with Gasteiger partial charge in [-0.2, -0.15) is 0 Å². The SMILES string of the molecule is CC(C)(C)c1ccc(CC2CCCC2CNC2CC2)cc1. The zero-order valence-electron chi connectivity index (χ0n) is 14.0. The van der Waals surface area contributed by atoms with Gasteiger partial charge < -0.3 is 5.32 Å². The largest absolute Gasteiger partial charge is 0.314 e. The third-order valence-electron chi connectivity index (χ3n) is 5.38. The van der Waals surface area contributed by atoms with Gasteiger partial charge in [-0.1, -0.05) is 51.5 Å². The lowest BCUT2D eigenvalue weighted by atomic mass is 9.85. The Morgan fingerprint density at radius 3 is 2.24 bits per heavy atom. The molecule has 2 aliphatic rings. The number of hydrogen-bond acceptors (Lipinski definition) is 1. The Morgan fingerprint density at radius 1 is 0.952 bits per heavy atom. The highest BCUT2D eigenvalue weighted by molar-refractivity contribution is 5.27. The first-order valence-electron chi connectivity index (χ1n) is 8.85. The molecular weight excluding hydrogens is 254 g/mol. The quantitative estimate of drug-likeness (QED) is 0.827. The first kappa shape index (κ1) is 15.1. The van der Waals surface area contributed by atoms with Gasteiger partial charge in [-0.15, -0.1) is 0 Å². The van der Waals surface area contributed by atoms with Crippen LogP contribution < -0.4 is 5.32 Å². The van der Waals surface area contributed by atoms with E-state index in [0.717, 1.165) is 17.9 Å². The second kappa shape index (κ2) is 6.12. The summed E-state index contributed by atoms with van der Waals surface area (Å²) in [7, 11) is 0. The molecule has 0 heterocycles. The molecule has 0 radical (unpaired) electrons. The van der Waals surface area contributed by atoms with E-state index in [4.69, 9.17) is 0 Å². The molecule has 116 valence electrons. The molecule has 3 rings (SSSR count). The molecule has 2 unspecified atom stereocenters. The van der Waals surface area contributed by atoms with Crippen LogP contribution >= 0.6 is 0 Å². The maximum atomic E-state index is 3.74. The van der Waals surface area contributed by atoms with Crippen molar-refractivity contribution in [1.82, 2.24) is 5.32 Å². The second-order valence-corrected chi connectivity index (χ2v) is 8.28. The van der Waals surface area contributed by atoms with Gasteiger partial charge in [-0.3, -0.25) is 0 Å². The summed E-state index contributed by atoms with van der Waals surface area (Å²) in [6.45, 7) is 8.13. The van der Waals surface area contributed by atoms with Crippen LogP contribution in [0.4, 0.5) is 0 Å². The molecule has 2 aliphatic carbocycles. The van der Waals surface area contributed by atoms with E-state index >= 15 is 0 Å². The summed E-state index contributed by atoms with van der Waals surface area (Å²) in [5.41, 5.74) is 3.25. The minimum absolute atomic E-state index is 0.266. The first-order valence-corrected chi connectivity index (χ1v) is 8.85. The van der Waals surface area contributed by atoms with E-state index < -0.39 is 0 Å². The van der Waals surface area contributed by atoms with Crippen LogP contribution in [0.3, 0.4) is 0 Å². The van der Waals surface area contributed by atoms with Crippen molar-refractivity contribution in [2.24, 2.45) is 11.8 Å². The van der Waals surface area contributed by atoms with E-state index in [-0.39, 0.29) is 5.41 Å². The van der Waals surface area contributed by atoms with Crippen LogP contribution in [0.15, 0.2) is 24.3 Å². The molecule has 1 aromatic carbocycles. The van der Waals surface area contributed by atoms with Gasteiger partial charge in [-0.05, 0) is 67.0 Å². The van der Waals surface area contributed by atoms with E-state index in [1.165, 1.54) is 56.2 Å². The molecule has 0 aliphatic heterocycles. The Morgan fingerprint density at radius 2 is 1.62 bits per heavy atom. The zero-order chi connectivity index (χ0) is 14.9. The fraction of sp³-hybridized carbons (Fsp3) is 0.700. The molecule has 1 heteroatoms. The van der Waals surface area contributed by atoms with Crippen LogP contribution in [0.5, 0.6) is 0 Å². The summed E-state index contributed by atoms with van der Waals surface area (Å²) in [5, 5.41) is 3.74. The van der Waals surface area contributed by atoms with Gasteiger partial charge in [0.2, 0.25) is 0 Å². The summed E-state index contributed by atoms with van der Waals surface area (Å²) in [4.78, 5) is 0. The Hall–Kier alpha value is -0.820. The normalized spacial score (nSPS) is 26.2. The molecule has 0 spiro atoms. The highest BCUT2D eigenvalue weighted by Crippen LogP contribution is 2.35. The third-order valence-corrected chi connectivity index (χ3v) is 5.38. The molecule has 1 nitrogen and oxygen atoms in total. The predicted octanol–water partition coefficient (Wildman–Crippen LogP) is 4.69. The standard InChI is InChI=1S/C20H31N/c1-20(2,3)18-9-7-15(8-10-18)13-16-5-4-6-17(16)14-21-19-11-12-19/h7-10,16-17,19,21H,4-6,11-14H2,1-3H3. The van der Waals surface area contributed by atoms with E-state index in [1.54, 1.807) is 0 Å². The van der Waals surface area contributed by atoms with Gasteiger partial charge in [0.25, 0.3) is 0 Å². The van der Waals surface area contributed by atoms with E-state index in [0.29, 0.717) is 0 Å². The molecule has 2 fully saturated rings. The van der Waals surface area contributed by atoms with Crippen molar-refractivity contribution >= 4 is 0 Å². The van der Waals surface area contributed by atoms with Crippen molar-refractivity contribution in [3.63, 3.8) is 0 Å². The lowest BCUT2D eigenvalue weighted by Gasteiger charge is -2.22. The molecule has 2 saturated carbocycles. The van der Waals surface area contributed by atoms with Crippen molar-refractivity contribution in [2.75, 3.05) is 6.54 Å². The summed E-state index contributed by atoms with van der Waals surface area (Å²) in [5.74, 6) is 1.81. The van der Waals surface area contributed by atoms with Crippen molar-refractivity contribution in [1.29, 1.82) is 0 Å². The number of rotatable bonds is 5. The van der Waals surface area contributed by atoms with Crippen LogP contribution in [-0.4, -0.2) is 12.6 Å². The summed E-state index contributed by atoms with van der Waals surface area (Å²) in [6.07, 6.45) is 8.39. The zero-order valence-corrected chi connectivity index (χ0v) is 14.0. The van der Waals surface area contributed by atoms with Crippen LogP contribution in [0.25, 0.3) is 0 Å². The van der Waals surface area contributed by atoms with Crippen molar-refractivity contribution in [2.45, 2.75) is 70.8 Å². The fourth-order valence-electron chi connectivity index (χ4n) is 3.70. The molecule has 0 bridgehead atoms. The Balaban J connectivity index is 1.56. The molecule has 0 saturated heterocycles. The topological polar surface area (TPSA) is 12.0 Å². The molecule has 21 heavy (non-hydrogen) atoms. The Bertz CT molecular complexity index is 450.